The van der Waals surface area contributed by atoms with E-state index < -0.39 is 68.7 Å². The van der Waals surface area contributed by atoms with Crippen molar-refractivity contribution in [1.82, 2.24) is 30.2 Å². The van der Waals surface area contributed by atoms with E-state index in [-0.39, 0.29) is 25.3 Å². The molecule has 17 heteroatoms. The standard InChI is InChI=1S/C45H53N7O8S2/c1-26(2)35-25-61-41(48-35)34-22-38(32-19-20-37(59-4)27(3)39(32)47-34)60-30-21-36-40(53)50-45(43(55)51-62(57,58)31-17-18-31)23-28(45)13-9-6-5-7-12-16-33(42(54)52(36)24-30)49-44(56)46-29-14-10-8-11-15-29/h8-11,13-15,19-20,22,25-26,28,30-31,33,36H,5-7,12,16-18,21,23-24H2,1-4H3,(H,50,53)(H,51,55)(H2,46,49,56)/b13-9-/t28-,30-,33+,36+,45-/m1/s1. The third kappa shape index (κ3) is 9.14. The Morgan fingerprint density at radius 3 is 2.53 bits per heavy atom. The van der Waals surface area contributed by atoms with Gasteiger partial charge >= 0.3 is 6.03 Å². The highest BCUT2D eigenvalue weighted by atomic mass is 32.2. The molecular formula is C45H53N7O8S2. The van der Waals surface area contributed by atoms with E-state index in [0.717, 1.165) is 24.1 Å². The van der Waals surface area contributed by atoms with Gasteiger partial charge in [0.05, 0.1) is 30.1 Å². The molecule has 2 aromatic carbocycles. The fourth-order valence-corrected chi connectivity index (χ4v) is 10.7. The average molecular weight is 884 g/mol. The molecule has 4 aromatic rings. The second kappa shape index (κ2) is 17.7. The van der Waals surface area contributed by atoms with Crippen molar-refractivity contribution < 1.29 is 37.1 Å². The normalized spacial score (nSPS) is 24.8. The van der Waals surface area contributed by atoms with Gasteiger partial charge in [-0.2, -0.15) is 0 Å². The lowest BCUT2D eigenvalue weighted by Crippen LogP contribution is -2.58. The van der Waals surface area contributed by atoms with E-state index in [0.29, 0.717) is 70.9 Å². The molecule has 4 aliphatic rings. The summed E-state index contributed by atoms with van der Waals surface area (Å²) in [6, 6.07) is 11.7. The number of ether oxygens (including phenoxy) is 2. The zero-order valence-corrected chi connectivity index (χ0v) is 36.9. The molecule has 5 amide bonds. The van der Waals surface area contributed by atoms with Gasteiger partial charge in [0.1, 0.15) is 45.9 Å². The topological polar surface area (TPSA) is 198 Å². The number of methoxy groups -OCH3 is 1. The van der Waals surface area contributed by atoms with E-state index in [1.54, 1.807) is 31.4 Å². The molecule has 62 heavy (non-hydrogen) atoms. The first-order valence-corrected chi connectivity index (χ1v) is 23.8. The molecule has 0 radical (unpaired) electrons. The highest BCUT2D eigenvalue weighted by Crippen LogP contribution is 2.46. The number of nitrogens with zero attached hydrogens (tertiary/aromatic N) is 3. The summed E-state index contributed by atoms with van der Waals surface area (Å²) < 4.78 is 40.7. The SMILES string of the molecule is COc1ccc2c(O[C@@H]3C[C@H]4C(=O)N[C@]5(C(=O)NS(=O)(=O)C6CC6)C[C@H]5/C=C\CCCCC[C@H](NC(=O)Nc5ccccc5)C(=O)N4C3)cc(-c3nc(C(C)C)cs3)nc2c1C. The van der Waals surface area contributed by atoms with Crippen LogP contribution in [0.3, 0.4) is 0 Å². The summed E-state index contributed by atoms with van der Waals surface area (Å²) in [6.07, 6.45) is 7.48. The number of hydrogen-bond donors (Lipinski definition) is 4. The molecule has 2 saturated carbocycles. The average Bonchev–Trinajstić information content (AvgIpc) is 4.12. The molecule has 0 bridgehead atoms. The number of fused-ring (bicyclic) bond motifs is 3. The van der Waals surface area contributed by atoms with E-state index in [2.05, 4.69) is 34.5 Å². The Morgan fingerprint density at radius 1 is 1.02 bits per heavy atom. The number of para-hydroxylation sites is 1. The number of benzene rings is 2. The van der Waals surface area contributed by atoms with Gasteiger partial charge in [-0.15, -0.1) is 11.3 Å². The number of pyridine rings is 1. The van der Waals surface area contributed by atoms with Crippen molar-refractivity contribution in [2.24, 2.45) is 5.92 Å². The Labute approximate surface area is 365 Å². The number of amides is 5. The lowest BCUT2D eigenvalue weighted by atomic mass is 10.0. The van der Waals surface area contributed by atoms with E-state index in [1.165, 1.54) is 16.2 Å². The first-order valence-electron chi connectivity index (χ1n) is 21.3. The summed E-state index contributed by atoms with van der Waals surface area (Å²) in [5.74, 6) is -0.988. The molecule has 4 N–H and O–H groups in total. The van der Waals surface area contributed by atoms with Crippen LogP contribution in [-0.2, 0) is 24.4 Å². The van der Waals surface area contributed by atoms with Gasteiger partial charge in [-0.25, -0.2) is 23.2 Å². The number of thiazole rings is 1. The maximum atomic E-state index is 14.8. The van der Waals surface area contributed by atoms with Crippen LogP contribution in [-0.4, -0.2) is 89.7 Å². The Balaban J connectivity index is 1.14. The maximum absolute atomic E-state index is 14.8. The van der Waals surface area contributed by atoms with E-state index >= 15 is 0 Å². The minimum absolute atomic E-state index is 0.0168. The van der Waals surface area contributed by atoms with Gasteiger partial charge in [-0.1, -0.05) is 57.0 Å². The third-order valence-corrected chi connectivity index (χ3v) is 14.9. The Hall–Kier alpha value is -5.55. The van der Waals surface area contributed by atoms with Crippen LogP contribution in [0.4, 0.5) is 10.5 Å². The number of rotatable bonds is 10. The van der Waals surface area contributed by atoms with Crippen molar-refractivity contribution in [3.05, 3.63) is 77.3 Å². The number of carbonyl (C=O) groups excluding carboxylic acids is 4. The van der Waals surface area contributed by atoms with Crippen LogP contribution in [0.1, 0.15) is 88.8 Å². The van der Waals surface area contributed by atoms with Crippen LogP contribution in [0.2, 0.25) is 0 Å². The molecule has 4 heterocycles. The van der Waals surface area contributed by atoms with Crippen molar-refractivity contribution in [3.63, 3.8) is 0 Å². The van der Waals surface area contributed by atoms with Gasteiger partial charge < -0.3 is 30.3 Å². The van der Waals surface area contributed by atoms with Gasteiger partial charge in [0.25, 0.3) is 5.91 Å². The lowest BCUT2D eigenvalue weighted by molar-refractivity contribution is -0.141. The van der Waals surface area contributed by atoms with Crippen LogP contribution in [0.5, 0.6) is 11.5 Å². The molecule has 2 aliphatic carbocycles. The molecule has 3 fully saturated rings. The number of urea groups is 1. The summed E-state index contributed by atoms with van der Waals surface area (Å²) in [5, 5.41) is 11.4. The monoisotopic (exact) mass is 883 g/mol. The summed E-state index contributed by atoms with van der Waals surface area (Å²) in [4.78, 5) is 68.1. The number of aryl methyl sites for hydroxylation is 1. The number of anilines is 1. The van der Waals surface area contributed by atoms with Crippen LogP contribution in [0, 0.1) is 12.8 Å². The number of nitrogens with one attached hydrogen (secondary N) is 4. The molecule has 15 nitrogen and oxygen atoms in total. The number of aromatic nitrogens is 2. The second-order valence-electron chi connectivity index (χ2n) is 17.0. The smallest absolute Gasteiger partial charge is 0.319 e. The van der Waals surface area contributed by atoms with Crippen molar-refractivity contribution in [3.8, 4) is 22.2 Å². The number of hydrogen-bond acceptors (Lipinski definition) is 11. The quantitative estimate of drug-likeness (QED) is 0.130. The highest BCUT2D eigenvalue weighted by molar-refractivity contribution is 7.91. The van der Waals surface area contributed by atoms with Crippen LogP contribution in [0.25, 0.3) is 21.6 Å². The van der Waals surface area contributed by atoms with Crippen LogP contribution in [0.15, 0.2) is 66.1 Å². The largest absolute Gasteiger partial charge is 0.496 e. The summed E-state index contributed by atoms with van der Waals surface area (Å²) in [7, 11) is -2.32. The third-order valence-electron chi connectivity index (χ3n) is 12.2. The lowest BCUT2D eigenvalue weighted by Gasteiger charge is -2.30. The minimum atomic E-state index is -3.92. The Bertz CT molecular complexity index is 2510. The zero-order chi connectivity index (χ0) is 43.8. The fraction of sp³-hybridized carbons (Fsp3) is 0.467. The van der Waals surface area contributed by atoms with Gasteiger partial charge in [-0.3, -0.25) is 19.1 Å². The zero-order valence-electron chi connectivity index (χ0n) is 35.3. The number of sulfonamides is 1. The molecule has 0 unspecified atom stereocenters. The maximum Gasteiger partial charge on any atom is 0.319 e. The predicted molar refractivity (Wildman–Crippen MR) is 236 cm³/mol. The van der Waals surface area contributed by atoms with E-state index in [4.69, 9.17) is 19.4 Å². The fourth-order valence-electron chi connectivity index (χ4n) is 8.35. The van der Waals surface area contributed by atoms with Crippen molar-refractivity contribution in [2.75, 3.05) is 19.0 Å². The first-order chi connectivity index (χ1) is 29.8. The van der Waals surface area contributed by atoms with E-state index in [9.17, 15) is 27.6 Å². The first kappa shape index (κ1) is 43.1. The molecule has 328 valence electrons. The highest BCUT2D eigenvalue weighted by Gasteiger charge is 2.62. The van der Waals surface area contributed by atoms with Gasteiger partial charge in [0, 0.05) is 40.4 Å². The van der Waals surface area contributed by atoms with Gasteiger partial charge in [-0.05, 0) is 75.6 Å². The van der Waals surface area contributed by atoms with Crippen molar-refractivity contribution in [2.45, 2.75) is 113 Å². The van der Waals surface area contributed by atoms with Crippen LogP contribution >= 0.6 is 11.3 Å². The van der Waals surface area contributed by atoms with Crippen molar-refractivity contribution in [1.29, 1.82) is 0 Å². The summed E-state index contributed by atoms with van der Waals surface area (Å²) in [6.45, 7) is 6.05. The summed E-state index contributed by atoms with van der Waals surface area (Å²) in [5.41, 5.74) is 2.01. The van der Waals surface area contributed by atoms with Crippen molar-refractivity contribution >= 4 is 61.7 Å². The van der Waals surface area contributed by atoms with Gasteiger partial charge in [0.2, 0.25) is 21.8 Å². The Morgan fingerprint density at radius 2 is 1.81 bits per heavy atom. The Kier molecular flexibility index (Phi) is 12.3. The van der Waals surface area contributed by atoms with Crippen LogP contribution < -0.4 is 30.1 Å². The minimum Gasteiger partial charge on any atom is -0.496 e. The predicted octanol–water partition coefficient (Wildman–Crippen LogP) is 6.34. The summed E-state index contributed by atoms with van der Waals surface area (Å²) >= 11 is 1.48. The molecule has 8 rings (SSSR count). The molecular weight excluding hydrogens is 831 g/mol. The molecule has 1 saturated heterocycles. The van der Waals surface area contributed by atoms with E-state index in [1.807, 2.05) is 48.7 Å². The second-order valence-corrected chi connectivity index (χ2v) is 19.9. The molecule has 5 atom stereocenters. The molecule has 2 aliphatic heterocycles. The number of carbonyl (C=O) groups is 4. The molecule has 0 spiro atoms. The van der Waals surface area contributed by atoms with Gasteiger partial charge in [0.15, 0.2) is 0 Å². The molecule has 2 aromatic heterocycles. The number of allylic oxidation sites excluding steroid dienone is 1.